The van der Waals surface area contributed by atoms with Crippen molar-refractivity contribution in [2.75, 3.05) is 0 Å². The second-order valence-electron chi connectivity index (χ2n) is 2.49. The molecular weight excluding hydrogens is 88.1 g/mol. The van der Waals surface area contributed by atoms with Gasteiger partial charge in [-0.15, -0.1) is 0 Å². The minimum Gasteiger partial charge on any atom is -0.0655 e. The first-order chi connectivity index (χ1) is 2.64. The Kier molecular flexibility index (Phi) is 2.49. The Morgan fingerprint density at radius 2 is 1.33 bits per heavy atom. The predicted octanol–water partition coefficient (Wildman–Crippen LogP) is 0.816. The molecule has 0 nitrogen and oxygen atoms in total. The summed E-state index contributed by atoms with van der Waals surface area (Å²) in [5.41, 5.74) is 0.991. The highest BCUT2D eigenvalue weighted by atomic mass is 28.1. The second kappa shape index (κ2) is 2.40. The molecule has 0 aromatic heterocycles. The van der Waals surface area contributed by atoms with E-state index in [-0.39, 0.29) is 0 Å². The molecule has 1 atom stereocenters. The fourth-order valence-corrected chi connectivity index (χ4v) is 0. The summed E-state index contributed by atoms with van der Waals surface area (Å²) in [6.45, 7) is 6.85. The first kappa shape index (κ1) is 6.22. The Hall–Kier alpha value is 0.217. The first-order valence-corrected chi connectivity index (χ1v) is 3.80. The molecular formula is C5H14Si. The first-order valence-electron chi connectivity index (χ1n) is 2.64. The van der Waals surface area contributed by atoms with Crippen LogP contribution in [0, 0.1) is 5.92 Å². The molecule has 0 amide bonds. The fourth-order valence-electron chi connectivity index (χ4n) is 0. The molecule has 0 aliphatic carbocycles. The van der Waals surface area contributed by atoms with Gasteiger partial charge in [0, 0.05) is 10.2 Å². The van der Waals surface area contributed by atoms with Gasteiger partial charge in [-0.25, -0.2) is 0 Å². The van der Waals surface area contributed by atoms with E-state index in [0.29, 0.717) is 0 Å². The van der Waals surface area contributed by atoms with Crippen molar-refractivity contribution < 1.29 is 0 Å². The number of hydrogen-bond acceptors (Lipinski definition) is 0. The van der Waals surface area contributed by atoms with Crippen molar-refractivity contribution in [3.05, 3.63) is 0 Å². The summed E-state index contributed by atoms with van der Waals surface area (Å²) in [4.78, 5) is 0. The van der Waals surface area contributed by atoms with Crippen LogP contribution in [0.25, 0.3) is 0 Å². The maximum absolute atomic E-state index is 2.30. The van der Waals surface area contributed by atoms with Crippen LogP contribution in [0.5, 0.6) is 0 Å². The Bertz CT molecular complexity index is 24.9. The van der Waals surface area contributed by atoms with E-state index in [1.807, 2.05) is 0 Å². The van der Waals surface area contributed by atoms with E-state index in [1.54, 1.807) is 0 Å². The number of hydrogen-bond donors (Lipinski definition) is 0. The standard InChI is InChI=1S/C5H14Si/c1-4(2)5(3)6/h4-5H,1-3,6H3. The lowest BCUT2D eigenvalue weighted by Gasteiger charge is -2.05. The van der Waals surface area contributed by atoms with Crippen molar-refractivity contribution >= 4 is 10.2 Å². The molecule has 38 valence electrons. The molecule has 0 spiro atoms. The van der Waals surface area contributed by atoms with Crippen molar-refractivity contribution in [2.45, 2.75) is 26.3 Å². The molecule has 0 heterocycles. The minimum atomic E-state index is 0.914. The third-order valence-corrected chi connectivity index (χ3v) is 2.67. The summed E-state index contributed by atoms with van der Waals surface area (Å²) in [6, 6.07) is 0. The average Bonchev–Trinajstić information content (AvgIpc) is 1.36. The zero-order valence-corrected chi connectivity index (χ0v) is 7.15. The second-order valence-corrected chi connectivity index (χ2v) is 4.31. The predicted molar refractivity (Wildman–Crippen MR) is 34.2 cm³/mol. The van der Waals surface area contributed by atoms with Gasteiger partial charge in [0.25, 0.3) is 0 Å². The van der Waals surface area contributed by atoms with Crippen molar-refractivity contribution in [1.82, 2.24) is 0 Å². The molecule has 0 radical (unpaired) electrons. The summed E-state index contributed by atoms with van der Waals surface area (Å²) >= 11 is 0. The maximum Gasteiger partial charge on any atom is 0.00670 e. The van der Waals surface area contributed by atoms with E-state index < -0.39 is 0 Å². The third-order valence-electron chi connectivity index (χ3n) is 1.33. The van der Waals surface area contributed by atoms with Crippen LogP contribution in [-0.2, 0) is 0 Å². The molecule has 1 unspecified atom stereocenters. The van der Waals surface area contributed by atoms with E-state index in [4.69, 9.17) is 0 Å². The van der Waals surface area contributed by atoms with E-state index in [0.717, 1.165) is 11.5 Å². The van der Waals surface area contributed by atoms with Crippen LogP contribution in [0.3, 0.4) is 0 Å². The SMILES string of the molecule is CC(C)C(C)[SiH3]. The van der Waals surface area contributed by atoms with Gasteiger partial charge in [0.15, 0.2) is 0 Å². The van der Waals surface area contributed by atoms with E-state index in [1.165, 1.54) is 10.2 Å². The summed E-state index contributed by atoms with van der Waals surface area (Å²) in [5.74, 6) is 0.914. The molecule has 1 heteroatoms. The highest BCUT2D eigenvalue weighted by Gasteiger charge is 1.95. The van der Waals surface area contributed by atoms with Crippen LogP contribution in [0.2, 0.25) is 5.54 Å². The molecule has 6 heavy (non-hydrogen) atoms. The van der Waals surface area contributed by atoms with Crippen LogP contribution in [0.1, 0.15) is 20.8 Å². The van der Waals surface area contributed by atoms with Gasteiger partial charge in [0.05, 0.1) is 0 Å². The summed E-state index contributed by atoms with van der Waals surface area (Å²) in [5, 5.41) is 0. The summed E-state index contributed by atoms with van der Waals surface area (Å²) < 4.78 is 0. The van der Waals surface area contributed by atoms with E-state index >= 15 is 0 Å². The Balaban J connectivity index is 2.99. The lowest BCUT2D eigenvalue weighted by Crippen LogP contribution is -1.93. The molecule has 0 fully saturated rings. The smallest absolute Gasteiger partial charge is 0.00670 e. The quantitative estimate of drug-likeness (QED) is 0.430. The van der Waals surface area contributed by atoms with E-state index in [9.17, 15) is 0 Å². The van der Waals surface area contributed by atoms with Crippen LogP contribution in [-0.4, -0.2) is 10.2 Å². The minimum absolute atomic E-state index is 0.914. The summed E-state index contributed by atoms with van der Waals surface area (Å²) in [7, 11) is 1.35. The van der Waals surface area contributed by atoms with Gasteiger partial charge in [-0.05, 0) is 5.92 Å². The Labute approximate surface area is 43.4 Å². The molecule has 0 aliphatic rings. The zero-order chi connectivity index (χ0) is 5.15. The molecule has 0 aliphatic heterocycles. The van der Waals surface area contributed by atoms with Gasteiger partial charge >= 0.3 is 0 Å². The van der Waals surface area contributed by atoms with Gasteiger partial charge in [-0.3, -0.25) is 0 Å². The lowest BCUT2D eigenvalue weighted by atomic mass is 10.1. The highest BCUT2D eigenvalue weighted by molar-refractivity contribution is 6.11. The molecule has 0 aromatic carbocycles. The monoisotopic (exact) mass is 102 g/mol. The van der Waals surface area contributed by atoms with Crippen LogP contribution in [0.4, 0.5) is 0 Å². The Morgan fingerprint density at radius 3 is 1.33 bits per heavy atom. The third kappa shape index (κ3) is 2.45. The normalized spacial score (nSPS) is 16.0. The molecule has 0 saturated heterocycles. The van der Waals surface area contributed by atoms with E-state index in [2.05, 4.69) is 20.8 Å². The Morgan fingerprint density at radius 1 is 1.17 bits per heavy atom. The van der Waals surface area contributed by atoms with Crippen molar-refractivity contribution in [3.63, 3.8) is 0 Å². The van der Waals surface area contributed by atoms with Gasteiger partial charge in [-0.1, -0.05) is 26.3 Å². The molecule has 0 saturated carbocycles. The van der Waals surface area contributed by atoms with Gasteiger partial charge in [0.1, 0.15) is 0 Å². The lowest BCUT2D eigenvalue weighted by molar-refractivity contribution is 0.625. The molecule has 0 rings (SSSR count). The van der Waals surface area contributed by atoms with Crippen LogP contribution >= 0.6 is 0 Å². The van der Waals surface area contributed by atoms with Crippen molar-refractivity contribution in [1.29, 1.82) is 0 Å². The van der Waals surface area contributed by atoms with Gasteiger partial charge in [0.2, 0.25) is 0 Å². The largest absolute Gasteiger partial charge is 0.0655 e. The van der Waals surface area contributed by atoms with Crippen molar-refractivity contribution in [3.8, 4) is 0 Å². The van der Waals surface area contributed by atoms with Gasteiger partial charge < -0.3 is 0 Å². The highest BCUT2D eigenvalue weighted by Crippen LogP contribution is 2.09. The average molecular weight is 102 g/mol. The van der Waals surface area contributed by atoms with Crippen LogP contribution in [0.15, 0.2) is 0 Å². The van der Waals surface area contributed by atoms with Crippen molar-refractivity contribution in [2.24, 2.45) is 5.92 Å². The topological polar surface area (TPSA) is 0 Å². The van der Waals surface area contributed by atoms with Crippen LogP contribution < -0.4 is 0 Å². The number of rotatable bonds is 1. The maximum atomic E-state index is 2.30. The van der Waals surface area contributed by atoms with Gasteiger partial charge in [-0.2, -0.15) is 0 Å². The fraction of sp³-hybridized carbons (Fsp3) is 1.00. The zero-order valence-electron chi connectivity index (χ0n) is 5.15. The molecule has 0 bridgehead atoms. The molecule has 0 N–H and O–H groups in total. The summed E-state index contributed by atoms with van der Waals surface area (Å²) in [6.07, 6.45) is 0. The molecule has 0 aromatic rings.